The minimum atomic E-state index is -1.24. The minimum Gasteiger partial charge on any atom is -0.0688 e. The van der Waals surface area contributed by atoms with Crippen molar-refractivity contribution >= 4 is 16.1 Å². The van der Waals surface area contributed by atoms with Crippen LogP contribution in [-0.4, -0.2) is 16.1 Å². The predicted octanol–water partition coefficient (Wildman–Crippen LogP) is 7.95. The number of hydrogen-bond acceptors (Lipinski definition) is 0. The lowest BCUT2D eigenvalue weighted by atomic mass is 9.81. The first-order valence-electron chi connectivity index (χ1n) is 10.2. The Labute approximate surface area is 149 Å². The maximum atomic E-state index is 2.72. The third-order valence-corrected chi connectivity index (χ3v) is 21.9. The largest absolute Gasteiger partial charge is 0.0688 e. The Balaban J connectivity index is 2.39. The Morgan fingerprint density at radius 2 is 0.913 bits per heavy atom. The molecule has 0 N–H and O–H groups in total. The van der Waals surface area contributed by atoms with E-state index in [2.05, 4.69) is 67.7 Å². The highest BCUT2D eigenvalue weighted by Gasteiger charge is 2.58. The number of rotatable bonds is 2. The van der Waals surface area contributed by atoms with E-state index in [9.17, 15) is 0 Å². The summed E-state index contributed by atoms with van der Waals surface area (Å²) < 4.78 is 0. The van der Waals surface area contributed by atoms with Crippen LogP contribution in [0.2, 0.25) is 47.3 Å². The molecule has 2 aliphatic carbocycles. The van der Waals surface area contributed by atoms with E-state index in [-0.39, 0.29) is 0 Å². The zero-order valence-corrected chi connectivity index (χ0v) is 19.8. The van der Waals surface area contributed by atoms with Gasteiger partial charge < -0.3 is 0 Å². The van der Waals surface area contributed by atoms with Crippen LogP contribution in [0.1, 0.15) is 73.6 Å². The van der Waals surface area contributed by atoms with Gasteiger partial charge in [-0.25, -0.2) is 0 Å². The van der Waals surface area contributed by atoms with E-state index in [1.165, 1.54) is 12.8 Å². The predicted molar refractivity (Wildman–Crippen MR) is 112 cm³/mol. The molecule has 0 aromatic rings. The van der Waals surface area contributed by atoms with Gasteiger partial charge in [0, 0.05) is 0 Å². The molecule has 0 bridgehead atoms. The molecule has 0 radical (unpaired) electrons. The van der Waals surface area contributed by atoms with Crippen LogP contribution in [0.15, 0.2) is 0 Å². The Kier molecular flexibility index (Phi) is 5.16. The molecule has 0 aliphatic heterocycles. The second kappa shape index (κ2) is 6.00. The van der Waals surface area contributed by atoms with E-state index in [4.69, 9.17) is 0 Å². The van der Waals surface area contributed by atoms with Crippen LogP contribution in [0.5, 0.6) is 0 Å². The van der Waals surface area contributed by atoms with E-state index in [1.54, 1.807) is 19.3 Å². The quantitative estimate of drug-likeness (QED) is 0.442. The summed E-state index contributed by atoms with van der Waals surface area (Å²) >= 11 is 0. The summed E-state index contributed by atoms with van der Waals surface area (Å²) in [6.45, 7) is 26.1. The van der Waals surface area contributed by atoms with E-state index in [0.717, 1.165) is 22.9 Å². The molecule has 0 nitrogen and oxygen atoms in total. The molecular weight excluding hydrogens is 308 g/mol. The van der Waals surface area contributed by atoms with Crippen LogP contribution >= 0.6 is 0 Å². The molecule has 0 heterocycles. The van der Waals surface area contributed by atoms with Gasteiger partial charge in [-0.1, -0.05) is 99.8 Å². The molecule has 0 aromatic heterocycles. The van der Waals surface area contributed by atoms with Crippen molar-refractivity contribution in [3.63, 3.8) is 0 Å². The van der Waals surface area contributed by atoms with Crippen molar-refractivity contribution in [2.45, 2.75) is 121 Å². The van der Waals surface area contributed by atoms with Crippen molar-refractivity contribution in [2.24, 2.45) is 11.8 Å². The van der Waals surface area contributed by atoms with Crippen molar-refractivity contribution < 1.29 is 0 Å². The van der Waals surface area contributed by atoms with E-state index < -0.39 is 16.1 Å². The molecule has 2 heteroatoms. The van der Waals surface area contributed by atoms with Gasteiger partial charge in [-0.3, -0.25) is 0 Å². The molecule has 3 unspecified atom stereocenters. The van der Waals surface area contributed by atoms with Crippen molar-refractivity contribution in [3.05, 3.63) is 0 Å². The van der Waals surface area contributed by atoms with Gasteiger partial charge in [0.1, 0.15) is 0 Å². The van der Waals surface area contributed by atoms with Crippen LogP contribution in [0, 0.1) is 11.8 Å². The minimum absolute atomic E-state index is 0.544. The summed E-state index contributed by atoms with van der Waals surface area (Å²) in [6.07, 6.45) is 7.70. The first-order valence-corrected chi connectivity index (χ1v) is 16.4. The topological polar surface area (TPSA) is 0 Å². The van der Waals surface area contributed by atoms with E-state index in [1.807, 2.05) is 0 Å². The molecule has 2 rings (SSSR count). The van der Waals surface area contributed by atoms with Crippen molar-refractivity contribution in [2.75, 3.05) is 0 Å². The number of fused-ring (bicyclic) bond motifs is 1. The van der Waals surface area contributed by atoms with E-state index in [0.29, 0.717) is 10.1 Å². The Morgan fingerprint density at radius 3 is 1.17 bits per heavy atom. The van der Waals surface area contributed by atoms with Crippen molar-refractivity contribution in [1.82, 2.24) is 0 Å². The molecule has 136 valence electrons. The lowest BCUT2D eigenvalue weighted by Crippen LogP contribution is -2.44. The van der Waals surface area contributed by atoms with Crippen molar-refractivity contribution in [3.8, 4) is 0 Å². The zero-order valence-electron chi connectivity index (χ0n) is 17.8. The summed E-state index contributed by atoms with van der Waals surface area (Å²) in [6, 6.07) is 0. The highest BCUT2D eigenvalue weighted by molar-refractivity contribution is 6.83. The van der Waals surface area contributed by atoms with Gasteiger partial charge in [-0.15, -0.1) is 0 Å². The summed E-state index contributed by atoms with van der Waals surface area (Å²) in [5.41, 5.74) is 2.15. The van der Waals surface area contributed by atoms with Crippen LogP contribution in [-0.2, 0) is 0 Å². The van der Waals surface area contributed by atoms with Gasteiger partial charge in [0.05, 0.1) is 16.1 Å². The molecular formula is C21H44Si2. The average Bonchev–Trinajstić information content (AvgIpc) is 2.76. The van der Waals surface area contributed by atoms with E-state index >= 15 is 0 Å². The van der Waals surface area contributed by atoms with Gasteiger partial charge >= 0.3 is 0 Å². The third-order valence-electron chi connectivity index (χ3n) is 9.14. The second-order valence-electron chi connectivity index (χ2n) is 12.0. The Hall–Kier alpha value is 0.434. The number of hydrogen-bond donors (Lipinski definition) is 0. The summed E-state index contributed by atoms with van der Waals surface area (Å²) in [5.74, 6) is 2.15. The molecule has 0 spiro atoms. The zero-order chi connectivity index (χ0) is 17.8. The first-order chi connectivity index (χ1) is 10.2. The van der Waals surface area contributed by atoms with Gasteiger partial charge in [-0.2, -0.15) is 0 Å². The van der Waals surface area contributed by atoms with Crippen LogP contribution in [0.25, 0.3) is 0 Å². The van der Waals surface area contributed by atoms with Crippen LogP contribution in [0.4, 0.5) is 0 Å². The smallest absolute Gasteiger partial charge is 0.0561 e. The molecule has 2 saturated carbocycles. The first kappa shape index (κ1) is 19.8. The molecule has 23 heavy (non-hydrogen) atoms. The fourth-order valence-corrected chi connectivity index (χ4v) is 12.7. The average molecular weight is 353 g/mol. The normalized spacial score (nSPS) is 33.7. The van der Waals surface area contributed by atoms with Gasteiger partial charge in [0.25, 0.3) is 0 Å². The van der Waals surface area contributed by atoms with Crippen LogP contribution in [0.3, 0.4) is 0 Å². The maximum Gasteiger partial charge on any atom is 0.0561 e. The highest BCUT2D eigenvalue weighted by atomic mass is 28.3. The summed E-state index contributed by atoms with van der Waals surface area (Å²) in [5, 5.41) is 1.09. The second-order valence-corrected chi connectivity index (χ2v) is 23.4. The van der Waals surface area contributed by atoms with Gasteiger partial charge in [0.2, 0.25) is 0 Å². The molecule has 2 fully saturated rings. The summed E-state index contributed by atoms with van der Waals surface area (Å²) in [4.78, 5) is 0. The molecule has 0 amide bonds. The fourth-order valence-electron chi connectivity index (χ4n) is 5.58. The molecule has 2 aliphatic rings. The van der Waals surface area contributed by atoms with Gasteiger partial charge in [-0.05, 0) is 33.0 Å². The fraction of sp³-hybridized carbons (Fsp3) is 1.00. The molecule has 0 saturated heterocycles. The Morgan fingerprint density at radius 1 is 0.609 bits per heavy atom. The lowest BCUT2D eigenvalue weighted by Gasteiger charge is -2.46. The highest BCUT2D eigenvalue weighted by Crippen LogP contribution is 2.66. The third kappa shape index (κ3) is 3.28. The van der Waals surface area contributed by atoms with Crippen LogP contribution < -0.4 is 0 Å². The standard InChI is InChI=1S/C21H44Si2/c1-20(2,3)22(7,8)18-15-19(23(9,10)21(4,5)6)17-14-12-11-13-16(17)18/h16-19H,11-15H2,1-10H3/t16?,17?,18-,19?/m0/s1. The van der Waals surface area contributed by atoms with Gasteiger partial charge in [0.15, 0.2) is 0 Å². The Bertz CT molecular complexity index is 382. The maximum absolute atomic E-state index is 2.72. The van der Waals surface area contributed by atoms with Crippen molar-refractivity contribution in [1.29, 1.82) is 0 Å². The molecule has 4 atom stereocenters. The summed E-state index contributed by atoms with van der Waals surface area (Å²) in [7, 11) is -2.48. The molecule has 0 aromatic carbocycles. The monoisotopic (exact) mass is 352 g/mol. The SMILES string of the molecule is CC(C)(C)[Si](C)(C)C1C[C@H]([Si](C)(C)C(C)(C)C)C2CCCCC21. The lowest BCUT2D eigenvalue weighted by molar-refractivity contribution is 0.269.